The minimum absolute atomic E-state index is 0.118. The van der Waals surface area contributed by atoms with Gasteiger partial charge in [0.1, 0.15) is 5.69 Å². The molecule has 0 bridgehead atoms. The third-order valence-electron chi connectivity index (χ3n) is 4.24. The second kappa shape index (κ2) is 5.67. The zero-order valence-corrected chi connectivity index (χ0v) is 11.6. The first kappa shape index (κ1) is 13.2. The minimum Gasteiger partial charge on any atom is -0.351 e. The Balaban J connectivity index is 1.70. The van der Waals surface area contributed by atoms with Crippen molar-refractivity contribution >= 4 is 16.8 Å². The maximum atomic E-state index is 12.5. The molecule has 20 heavy (non-hydrogen) atoms. The Morgan fingerprint density at radius 3 is 2.75 bits per heavy atom. The Hall–Kier alpha value is -1.81. The van der Waals surface area contributed by atoms with Crippen LogP contribution in [0.3, 0.4) is 0 Å². The third kappa shape index (κ3) is 2.56. The van der Waals surface area contributed by atoms with Gasteiger partial charge in [0.2, 0.25) is 0 Å². The molecule has 1 saturated heterocycles. The fourth-order valence-corrected chi connectivity index (χ4v) is 3.02. The molecule has 2 aromatic rings. The van der Waals surface area contributed by atoms with Crippen LogP contribution >= 0.6 is 0 Å². The zero-order valence-electron chi connectivity index (χ0n) is 11.6. The molecule has 0 spiro atoms. The molecule has 106 valence electrons. The van der Waals surface area contributed by atoms with Crippen molar-refractivity contribution in [2.24, 2.45) is 11.7 Å². The van der Waals surface area contributed by atoms with Crippen molar-refractivity contribution in [3.05, 3.63) is 36.0 Å². The number of likely N-dealkylation sites (tertiary alicyclic amines) is 1. The number of aromatic amines is 1. The number of hydrogen-bond donors (Lipinski definition) is 2. The van der Waals surface area contributed by atoms with Crippen LogP contribution in [0.15, 0.2) is 30.3 Å². The number of carbonyl (C=O) groups excluding carboxylic acids is 1. The summed E-state index contributed by atoms with van der Waals surface area (Å²) in [4.78, 5) is 17.7. The number of nitrogens with two attached hydrogens (primary N) is 1. The molecule has 0 atom stereocenters. The second-order valence-electron chi connectivity index (χ2n) is 5.58. The van der Waals surface area contributed by atoms with E-state index in [4.69, 9.17) is 5.73 Å². The third-order valence-corrected chi connectivity index (χ3v) is 4.24. The van der Waals surface area contributed by atoms with Crippen molar-refractivity contribution in [3.63, 3.8) is 0 Å². The molecule has 1 fully saturated rings. The molecule has 1 amide bonds. The van der Waals surface area contributed by atoms with Crippen LogP contribution in [0, 0.1) is 5.92 Å². The summed E-state index contributed by atoms with van der Waals surface area (Å²) in [6.45, 7) is 2.44. The van der Waals surface area contributed by atoms with Crippen LogP contribution in [0.1, 0.15) is 29.8 Å². The number of hydrogen-bond acceptors (Lipinski definition) is 2. The summed E-state index contributed by atoms with van der Waals surface area (Å²) in [7, 11) is 0. The fourth-order valence-electron chi connectivity index (χ4n) is 3.02. The zero-order chi connectivity index (χ0) is 13.9. The maximum absolute atomic E-state index is 12.5. The number of H-pyrrole nitrogens is 1. The quantitative estimate of drug-likeness (QED) is 0.900. The molecule has 1 aromatic carbocycles. The standard InChI is InChI=1S/C16H21N3O/c17-8-5-12-6-9-19(10-7-12)16(20)15-11-13-3-1-2-4-14(13)18-15/h1-4,11-12,18H,5-10,17H2. The van der Waals surface area contributed by atoms with Crippen LogP contribution in [0.25, 0.3) is 10.9 Å². The van der Waals surface area contributed by atoms with Gasteiger partial charge in [0.25, 0.3) is 5.91 Å². The van der Waals surface area contributed by atoms with Gasteiger partial charge >= 0.3 is 0 Å². The maximum Gasteiger partial charge on any atom is 0.270 e. The first-order valence-electron chi connectivity index (χ1n) is 7.35. The van der Waals surface area contributed by atoms with Crippen LogP contribution in [0.2, 0.25) is 0 Å². The van der Waals surface area contributed by atoms with Gasteiger partial charge in [0.15, 0.2) is 0 Å². The SMILES string of the molecule is NCCC1CCN(C(=O)c2cc3ccccc3[nH]2)CC1. The van der Waals surface area contributed by atoms with Gasteiger partial charge in [-0.15, -0.1) is 0 Å². The van der Waals surface area contributed by atoms with E-state index in [1.165, 1.54) is 0 Å². The highest BCUT2D eigenvalue weighted by molar-refractivity contribution is 5.98. The number of aromatic nitrogens is 1. The van der Waals surface area contributed by atoms with E-state index in [0.29, 0.717) is 11.6 Å². The molecular weight excluding hydrogens is 250 g/mol. The Labute approximate surface area is 118 Å². The van der Waals surface area contributed by atoms with Gasteiger partial charge in [-0.05, 0) is 43.9 Å². The van der Waals surface area contributed by atoms with Crippen molar-refractivity contribution < 1.29 is 4.79 Å². The fraction of sp³-hybridized carbons (Fsp3) is 0.438. The monoisotopic (exact) mass is 271 g/mol. The molecular formula is C16H21N3O. The highest BCUT2D eigenvalue weighted by Crippen LogP contribution is 2.22. The highest BCUT2D eigenvalue weighted by Gasteiger charge is 2.24. The van der Waals surface area contributed by atoms with Gasteiger partial charge in [-0.1, -0.05) is 18.2 Å². The molecule has 0 saturated carbocycles. The number of piperidine rings is 1. The van der Waals surface area contributed by atoms with Crippen LogP contribution in [-0.2, 0) is 0 Å². The summed E-state index contributed by atoms with van der Waals surface area (Å²) in [6.07, 6.45) is 3.22. The molecule has 2 heterocycles. The number of nitrogens with zero attached hydrogens (tertiary/aromatic N) is 1. The first-order chi connectivity index (χ1) is 9.78. The topological polar surface area (TPSA) is 62.1 Å². The molecule has 4 nitrogen and oxygen atoms in total. The lowest BCUT2D eigenvalue weighted by Crippen LogP contribution is -2.39. The number of para-hydroxylation sites is 1. The largest absolute Gasteiger partial charge is 0.351 e. The lowest BCUT2D eigenvalue weighted by Gasteiger charge is -2.31. The molecule has 3 N–H and O–H groups in total. The normalized spacial score (nSPS) is 16.8. The number of nitrogens with one attached hydrogen (secondary N) is 1. The van der Waals surface area contributed by atoms with Crippen LogP contribution in [0.4, 0.5) is 0 Å². The van der Waals surface area contributed by atoms with Gasteiger partial charge in [-0.2, -0.15) is 0 Å². The number of rotatable bonds is 3. The molecule has 1 aliphatic rings. The lowest BCUT2D eigenvalue weighted by atomic mass is 9.93. The molecule has 0 unspecified atom stereocenters. The average Bonchev–Trinajstić information content (AvgIpc) is 2.91. The predicted molar refractivity (Wildman–Crippen MR) is 80.6 cm³/mol. The van der Waals surface area contributed by atoms with Gasteiger partial charge < -0.3 is 15.6 Å². The summed E-state index contributed by atoms with van der Waals surface area (Å²) in [5, 5.41) is 1.09. The lowest BCUT2D eigenvalue weighted by molar-refractivity contribution is 0.0683. The summed E-state index contributed by atoms with van der Waals surface area (Å²) in [6, 6.07) is 9.94. The van der Waals surface area contributed by atoms with Gasteiger partial charge in [0.05, 0.1) is 0 Å². The highest BCUT2D eigenvalue weighted by atomic mass is 16.2. The number of amides is 1. The predicted octanol–water partition coefficient (Wildman–Crippen LogP) is 2.37. The van der Waals surface area contributed by atoms with Crippen LogP contribution in [0.5, 0.6) is 0 Å². The smallest absolute Gasteiger partial charge is 0.270 e. The molecule has 4 heteroatoms. The Kier molecular flexibility index (Phi) is 3.74. The van der Waals surface area contributed by atoms with Crippen molar-refractivity contribution in [2.75, 3.05) is 19.6 Å². The van der Waals surface area contributed by atoms with E-state index in [2.05, 4.69) is 4.98 Å². The summed E-state index contributed by atoms with van der Waals surface area (Å²) >= 11 is 0. The van der Waals surface area contributed by atoms with Crippen molar-refractivity contribution in [3.8, 4) is 0 Å². The first-order valence-corrected chi connectivity index (χ1v) is 7.35. The molecule has 3 rings (SSSR count). The Morgan fingerprint density at radius 2 is 2.05 bits per heavy atom. The summed E-state index contributed by atoms with van der Waals surface area (Å²) < 4.78 is 0. The van der Waals surface area contributed by atoms with E-state index in [1.807, 2.05) is 35.2 Å². The average molecular weight is 271 g/mol. The molecule has 0 aliphatic carbocycles. The summed E-state index contributed by atoms with van der Waals surface area (Å²) in [5.74, 6) is 0.805. The van der Waals surface area contributed by atoms with E-state index in [1.54, 1.807) is 0 Å². The van der Waals surface area contributed by atoms with Gasteiger partial charge in [-0.25, -0.2) is 0 Å². The summed E-state index contributed by atoms with van der Waals surface area (Å²) in [5.41, 5.74) is 7.32. The van der Waals surface area contributed by atoms with Crippen molar-refractivity contribution in [1.82, 2.24) is 9.88 Å². The number of benzene rings is 1. The molecule has 1 aliphatic heterocycles. The van der Waals surface area contributed by atoms with Crippen molar-refractivity contribution in [1.29, 1.82) is 0 Å². The molecule has 1 aromatic heterocycles. The number of fused-ring (bicyclic) bond motifs is 1. The van der Waals surface area contributed by atoms with Gasteiger partial charge in [0, 0.05) is 24.0 Å². The van der Waals surface area contributed by atoms with E-state index >= 15 is 0 Å². The molecule has 0 radical (unpaired) electrons. The van der Waals surface area contributed by atoms with Crippen LogP contribution in [-0.4, -0.2) is 35.4 Å². The second-order valence-corrected chi connectivity index (χ2v) is 5.58. The van der Waals surface area contributed by atoms with Crippen molar-refractivity contribution in [2.45, 2.75) is 19.3 Å². The van der Waals surface area contributed by atoms with E-state index in [0.717, 1.165) is 49.8 Å². The Morgan fingerprint density at radius 1 is 1.30 bits per heavy atom. The van der Waals surface area contributed by atoms with E-state index < -0.39 is 0 Å². The van der Waals surface area contributed by atoms with Gasteiger partial charge in [-0.3, -0.25) is 4.79 Å². The minimum atomic E-state index is 0.118. The number of carbonyl (C=O) groups is 1. The van der Waals surface area contributed by atoms with Crippen LogP contribution < -0.4 is 5.73 Å². The van der Waals surface area contributed by atoms with E-state index in [9.17, 15) is 4.79 Å². The van der Waals surface area contributed by atoms with E-state index in [-0.39, 0.29) is 5.91 Å². The Bertz CT molecular complexity index is 564.